The maximum Gasteiger partial charge on any atom is 0.271 e. The predicted molar refractivity (Wildman–Crippen MR) is 117 cm³/mol. The van der Waals surface area contributed by atoms with Gasteiger partial charge in [-0.15, -0.1) is 11.3 Å². The Hall–Kier alpha value is -2.84. The van der Waals surface area contributed by atoms with Crippen LogP contribution in [0.3, 0.4) is 0 Å². The molecule has 4 rings (SSSR count). The zero-order valence-electron chi connectivity index (χ0n) is 15.7. The van der Waals surface area contributed by atoms with Crippen LogP contribution in [0.2, 0.25) is 0 Å². The summed E-state index contributed by atoms with van der Waals surface area (Å²) in [6, 6.07) is 17.4. The summed E-state index contributed by atoms with van der Waals surface area (Å²) < 4.78 is 27.3. The van der Waals surface area contributed by atoms with Crippen LogP contribution in [0.1, 0.15) is 23.2 Å². The van der Waals surface area contributed by atoms with E-state index in [9.17, 15) is 13.2 Å². The standard InChI is InChI=1S/C21H21N3O3S2/c25-21(22-18-5-3-6-19(15-18)24-12-1-2-13-24)16-8-10-17(11-9-16)23-29(26,27)20-7-4-14-28-20/h3-11,14-15,23H,1-2,12-13H2,(H,22,25). The SMILES string of the molecule is O=C(Nc1cccc(N2CCCC2)c1)c1ccc(NS(=O)(=O)c2cccs2)cc1. The minimum absolute atomic E-state index is 0.240. The first-order chi connectivity index (χ1) is 14.0. The number of hydrogen-bond acceptors (Lipinski definition) is 5. The summed E-state index contributed by atoms with van der Waals surface area (Å²) in [5, 5.41) is 4.62. The first-order valence-corrected chi connectivity index (χ1v) is 11.7. The van der Waals surface area contributed by atoms with Gasteiger partial charge in [0.15, 0.2) is 0 Å². The fourth-order valence-electron chi connectivity index (χ4n) is 3.27. The molecule has 29 heavy (non-hydrogen) atoms. The third-order valence-electron chi connectivity index (χ3n) is 4.73. The molecule has 0 bridgehead atoms. The molecule has 8 heteroatoms. The minimum Gasteiger partial charge on any atom is -0.371 e. The highest BCUT2D eigenvalue weighted by Gasteiger charge is 2.16. The van der Waals surface area contributed by atoms with Crippen LogP contribution < -0.4 is 14.9 Å². The number of hydrogen-bond donors (Lipinski definition) is 2. The van der Waals surface area contributed by atoms with Crippen molar-refractivity contribution in [1.29, 1.82) is 0 Å². The van der Waals surface area contributed by atoms with Crippen molar-refractivity contribution in [3.63, 3.8) is 0 Å². The number of nitrogens with zero attached hydrogens (tertiary/aromatic N) is 1. The Kier molecular flexibility index (Phi) is 5.55. The summed E-state index contributed by atoms with van der Waals surface area (Å²) in [6.45, 7) is 2.08. The number of thiophene rings is 1. The molecule has 1 aliphatic heterocycles. The third kappa shape index (κ3) is 4.60. The van der Waals surface area contributed by atoms with Crippen LogP contribution in [-0.2, 0) is 10.0 Å². The largest absolute Gasteiger partial charge is 0.371 e. The number of anilines is 3. The smallest absolute Gasteiger partial charge is 0.271 e. The van der Waals surface area contributed by atoms with E-state index in [2.05, 4.69) is 21.0 Å². The highest BCUT2D eigenvalue weighted by Crippen LogP contribution is 2.24. The second kappa shape index (κ2) is 8.26. The number of amides is 1. The number of nitrogens with one attached hydrogen (secondary N) is 2. The summed E-state index contributed by atoms with van der Waals surface area (Å²) in [4.78, 5) is 14.9. The molecule has 0 atom stereocenters. The van der Waals surface area contributed by atoms with Crippen molar-refractivity contribution in [2.75, 3.05) is 28.0 Å². The van der Waals surface area contributed by atoms with E-state index >= 15 is 0 Å². The predicted octanol–water partition coefficient (Wildman–Crippen LogP) is 4.40. The number of carbonyl (C=O) groups excluding carboxylic acids is 1. The van der Waals surface area contributed by atoms with Crippen molar-refractivity contribution in [2.24, 2.45) is 0 Å². The van der Waals surface area contributed by atoms with Gasteiger partial charge in [-0.1, -0.05) is 12.1 Å². The van der Waals surface area contributed by atoms with Gasteiger partial charge in [0.25, 0.3) is 15.9 Å². The molecule has 1 aliphatic rings. The molecule has 1 aromatic heterocycles. The van der Waals surface area contributed by atoms with Gasteiger partial charge < -0.3 is 10.2 Å². The summed E-state index contributed by atoms with van der Waals surface area (Å²) in [5.41, 5.74) is 2.71. The van der Waals surface area contributed by atoms with Crippen LogP contribution >= 0.6 is 11.3 Å². The topological polar surface area (TPSA) is 78.5 Å². The van der Waals surface area contributed by atoms with Gasteiger partial charge in [0.2, 0.25) is 0 Å². The average molecular weight is 428 g/mol. The molecule has 0 radical (unpaired) electrons. The van der Waals surface area contributed by atoms with Gasteiger partial charge in [0, 0.05) is 35.7 Å². The Balaban J connectivity index is 1.43. The van der Waals surface area contributed by atoms with Crippen molar-refractivity contribution in [1.82, 2.24) is 0 Å². The second-order valence-corrected chi connectivity index (χ2v) is 9.67. The molecular formula is C21H21N3O3S2. The quantitative estimate of drug-likeness (QED) is 0.611. The van der Waals surface area contributed by atoms with Crippen LogP contribution in [-0.4, -0.2) is 27.4 Å². The fraction of sp³-hybridized carbons (Fsp3) is 0.190. The molecule has 3 aromatic rings. The Morgan fingerprint density at radius 3 is 2.38 bits per heavy atom. The lowest BCUT2D eigenvalue weighted by Crippen LogP contribution is -2.18. The van der Waals surface area contributed by atoms with Gasteiger partial charge in [-0.05, 0) is 66.8 Å². The summed E-state index contributed by atoms with van der Waals surface area (Å²) >= 11 is 1.15. The Labute approximate surface area is 174 Å². The molecule has 1 saturated heterocycles. The van der Waals surface area contributed by atoms with Gasteiger partial charge in [0.1, 0.15) is 4.21 Å². The first kappa shape index (κ1) is 19.5. The number of rotatable bonds is 6. The Morgan fingerprint density at radius 1 is 0.931 bits per heavy atom. The van der Waals surface area contributed by atoms with Crippen LogP contribution in [0.25, 0.3) is 0 Å². The van der Waals surface area contributed by atoms with Crippen molar-refractivity contribution >= 4 is 44.3 Å². The van der Waals surface area contributed by atoms with E-state index in [1.807, 2.05) is 18.2 Å². The molecule has 0 spiro atoms. The van der Waals surface area contributed by atoms with E-state index in [-0.39, 0.29) is 10.1 Å². The van der Waals surface area contributed by atoms with Gasteiger partial charge in [-0.3, -0.25) is 9.52 Å². The minimum atomic E-state index is -3.60. The van der Waals surface area contributed by atoms with Gasteiger partial charge in [-0.2, -0.15) is 0 Å². The molecule has 2 aromatic carbocycles. The normalized spacial score (nSPS) is 14.0. The average Bonchev–Trinajstić information content (AvgIpc) is 3.43. The molecule has 6 nitrogen and oxygen atoms in total. The van der Waals surface area contributed by atoms with E-state index in [1.165, 1.54) is 12.8 Å². The lowest BCUT2D eigenvalue weighted by atomic mass is 10.2. The monoisotopic (exact) mass is 427 g/mol. The number of carbonyl (C=O) groups is 1. The van der Waals surface area contributed by atoms with E-state index in [0.717, 1.165) is 35.8 Å². The van der Waals surface area contributed by atoms with Gasteiger partial charge in [0.05, 0.1) is 0 Å². The van der Waals surface area contributed by atoms with Crippen LogP contribution in [0.15, 0.2) is 70.3 Å². The fourth-order valence-corrected chi connectivity index (χ4v) is 5.32. The van der Waals surface area contributed by atoms with E-state index in [4.69, 9.17) is 0 Å². The zero-order valence-corrected chi connectivity index (χ0v) is 17.3. The molecule has 0 unspecified atom stereocenters. The lowest BCUT2D eigenvalue weighted by molar-refractivity contribution is 0.102. The van der Waals surface area contributed by atoms with Crippen LogP contribution in [0, 0.1) is 0 Å². The van der Waals surface area contributed by atoms with E-state index in [0.29, 0.717) is 11.3 Å². The molecule has 0 saturated carbocycles. The molecule has 2 heterocycles. The van der Waals surface area contributed by atoms with Gasteiger partial charge in [-0.25, -0.2) is 8.42 Å². The van der Waals surface area contributed by atoms with E-state index < -0.39 is 10.0 Å². The van der Waals surface area contributed by atoms with Crippen molar-refractivity contribution in [2.45, 2.75) is 17.1 Å². The zero-order chi connectivity index (χ0) is 20.3. The van der Waals surface area contributed by atoms with E-state index in [1.54, 1.807) is 41.8 Å². The summed E-state index contributed by atoms with van der Waals surface area (Å²) in [7, 11) is -3.60. The highest BCUT2D eigenvalue weighted by molar-refractivity contribution is 7.94. The van der Waals surface area contributed by atoms with Crippen LogP contribution in [0.4, 0.5) is 17.1 Å². The lowest BCUT2D eigenvalue weighted by Gasteiger charge is -2.18. The van der Waals surface area contributed by atoms with Crippen molar-refractivity contribution in [3.8, 4) is 0 Å². The Bertz CT molecular complexity index is 1090. The van der Waals surface area contributed by atoms with Crippen molar-refractivity contribution < 1.29 is 13.2 Å². The summed E-state index contributed by atoms with van der Waals surface area (Å²) in [6.07, 6.45) is 2.39. The first-order valence-electron chi connectivity index (χ1n) is 9.34. The molecule has 1 amide bonds. The van der Waals surface area contributed by atoms with Crippen LogP contribution in [0.5, 0.6) is 0 Å². The second-order valence-electron chi connectivity index (χ2n) is 6.81. The molecule has 0 aliphatic carbocycles. The Morgan fingerprint density at radius 2 is 1.69 bits per heavy atom. The maximum atomic E-state index is 12.6. The number of sulfonamides is 1. The number of benzene rings is 2. The maximum absolute atomic E-state index is 12.6. The highest BCUT2D eigenvalue weighted by atomic mass is 32.2. The molecular weight excluding hydrogens is 406 g/mol. The third-order valence-corrected chi connectivity index (χ3v) is 7.51. The van der Waals surface area contributed by atoms with Crippen molar-refractivity contribution in [3.05, 3.63) is 71.6 Å². The molecule has 150 valence electrons. The summed E-state index contributed by atoms with van der Waals surface area (Å²) in [5.74, 6) is -0.240. The molecule has 1 fully saturated rings. The molecule has 2 N–H and O–H groups in total. The van der Waals surface area contributed by atoms with Gasteiger partial charge >= 0.3 is 0 Å².